The van der Waals surface area contributed by atoms with Gasteiger partial charge in [-0.1, -0.05) is 6.92 Å². The molecule has 5 heteroatoms. The Morgan fingerprint density at radius 1 is 1.41 bits per heavy atom. The number of nitriles is 1. The van der Waals surface area contributed by atoms with E-state index in [0.717, 1.165) is 24.8 Å². The van der Waals surface area contributed by atoms with E-state index in [0.29, 0.717) is 5.82 Å². The Bertz CT molecular complexity index is 417. The first-order valence-electron chi connectivity index (χ1n) is 5.91. The number of rotatable bonds is 2. The van der Waals surface area contributed by atoms with Crippen LogP contribution in [0.5, 0.6) is 0 Å². The first-order chi connectivity index (χ1) is 8.20. The summed E-state index contributed by atoms with van der Waals surface area (Å²) in [6.45, 7) is 4.36. The van der Waals surface area contributed by atoms with Crippen molar-refractivity contribution in [3.63, 3.8) is 0 Å². The molecule has 0 atom stereocenters. The molecule has 0 spiro atoms. The van der Waals surface area contributed by atoms with Crippen molar-refractivity contribution < 1.29 is 0 Å². The maximum absolute atomic E-state index is 8.83. The molecule has 0 N–H and O–H groups in total. The van der Waals surface area contributed by atoms with Crippen molar-refractivity contribution in [2.45, 2.75) is 19.8 Å². The zero-order valence-corrected chi connectivity index (χ0v) is 10.3. The summed E-state index contributed by atoms with van der Waals surface area (Å²) in [5.41, 5.74) is 0. The second-order valence-corrected chi connectivity index (χ2v) is 4.56. The van der Waals surface area contributed by atoms with Gasteiger partial charge in [0.05, 0.1) is 0 Å². The molecule has 90 valence electrons. The van der Waals surface area contributed by atoms with Crippen LogP contribution in [0.2, 0.25) is 0 Å². The van der Waals surface area contributed by atoms with E-state index in [1.807, 2.05) is 12.3 Å². The van der Waals surface area contributed by atoms with Crippen LogP contribution in [0.15, 0.2) is 12.4 Å². The molecule has 1 saturated heterocycles. The lowest BCUT2D eigenvalue weighted by atomic mass is 9.99. The fourth-order valence-corrected chi connectivity index (χ4v) is 1.98. The van der Waals surface area contributed by atoms with E-state index in [9.17, 15) is 0 Å². The molecule has 1 fully saturated rings. The van der Waals surface area contributed by atoms with Crippen molar-refractivity contribution in [1.82, 2.24) is 9.97 Å². The molecule has 0 amide bonds. The van der Waals surface area contributed by atoms with Gasteiger partial charge in [-0.3, -0.25) is 4.90 Å². The van der Waals surface area contributed by atoms with E-state index in [-0.39, 0.29) is 0 Å². The second-order valence-electron chi connectivity index (χ2n) is 4.56. The smallest absolute Gasteiger partial charge is 0.185 e. The minimum Gasteiger partial charge on any atom is -0.356 e. The summed E-state index contributed by atoms with van der Waals surface area (Å²) >= 11 is 0. The van der Waals surface area contributed by atoms with Crippen LogP contribution in [0.25, 0.3) is 0 Å². The fourth-order valence-electron chi connectivity index (χ4n) is 1.98. The second kappa shape index (κ2) is 5.00. The predicted molar refractivity (Wildman–Crippen MR) is 66.7 cm³/mol. The van der Waals surface area contributed by atoms with E-state index in [4.69, 9.17) is 5.26 Å². The highest BCUT2D eigenvalue weighted by atomic mass is 15.2. The van der Waals surface area contributed by atoms with Gasteiger partial charge in [-0.15, -0.1) is 0 Å². The van der Waals surface area contributed by atoms with Crippen LogP contribution in [0.1, 0.15) is 19.8 Å². The minimum atomic E-state index is 0.649. The highest BCUT2D eigenvalue weighted by Gasteiger charge is 2.17. The molecule has 0 radical (unpaired) electrons. The van der Waals surface area contributed by atoms with Gasteiger partial charge in [0.15, 0.2) is 6.19 Å². The number of anilines is 2. The van der Waals surface area contributed by atoms with E-state index >= 15 is 0 Å². The normalized spacial score (nSPS) is 16.6. The standard InChI is InChI=1S/C12H17N5/c1-10-3-5-17(6-4-10)12-7-11(14-9-15-12)16(2)8-13/h7,9-10H,3-6H2,1-2H3. The highest BCUT2D eigenvalue weighted by Crippen LogP contribution is 2.22. The third-order valence-corrected chi connectivity index (χ3v) is 3.24. The monoisotopic (exact) mass is 231 g/mol. The lowest BCUT2D eigenvalue weighted by molar-refractivity contribution is 0.436. The van der Waals surface area contributed by atoms with Gasteiger partial charge >= 0.3 is 0 Å². The Labute approximate surface area is 102 Å². The van der Waals surface area contributed by atoms with Crippen LogP contribution >= 0.6 is 0 Å². The summed E-state index contributed by atoms with van der Waals surface area (Å²) in [5.74, 6) is 2.37. The van der Waals surface area contributed by atoms with Gasteiger partial charge < -0.3 is 4.90 Å². The maximum Gasteiger partial charge on any atom is 0.185 e. The zero-order chi connectivity index (χ0) is 12.3. The SMILES string of the molecule is CC1CCN(c2cc(N(C)C#N)ncn2)CC1. The molecule has 2 heterocycles. The molecule has 1 aliphatic rings. The maximum atomic E-state index is 8.83. The average Bonchev–Trinajstić information content (AvgIpc) is 2.39. The van der Waals surface area contributed by atoms with Crippen LogP contribution in [-0.4, -0.2) is 30.1 Å². The molecule has 0 saturated carbocycles. The van der Waals surface area contributed by atoms with Crippen molar-refractivity contribution in [2.24, 2.45) is 5.92 Å². The predicted octanol–water partition coefficient (Wildman–Crippen LogP) is 1.63. The molecular weight excluding hydrogens is 214 g/mol. The van der Waals surface area contributed by atoms with Crippen molar-refractivity contribution in [3.05, 3.63) is 12.4 Å². The topological polar surface area (TPSA) is 56.0 Å². The molecule has 0 unspecified atom stereocenters. The molecule has 1 aromatic rings. The van der Waals surface area contributed by atoms with Crippen LogP contribution in [0, 0.1) is 17.4 Å². The van der Waals surface area contributed by atoms with Crippen molar-refractivity contribution in [1.29, 1.82) is 5.26 Å². The van der Waals surface area contributed by atoms with Crippen LogP contribution in [-0.2, 0) is 0 Å². The van der Waals surface area contributed by atoms with Gasteiger partial charge in [-0.25, -0.2) is 9.97 Å². The van der Waals surface area contributed by atoms with Crippen LogP contribution < -0.4 is 9.80 Å². The van der Waals surface area contributed by atoms with Gasteiger partial charge in [-0.2, -0.15) is 5.26 Å². The minimum absolute atomic E-state index is 0.649. The third-order valence-electron chi connectivity index (χ3n) is 3.24. The van der Waals surface area contributed by atoms with E-state index in [1.165, 1.54) is 24.1 Å². The number of aromatic nitrogens is 2. The summed E-state index contributed by atoms with van der Waals surface area (Å²) in [5, 5.41) is 8.83. The van der Waals surface area contributed by atoms with E-state index in [2.05, 4.69) is 21.8 Å². The lowest BCUT2D eigenvalue weighted by Gasteiger charge is -2.31. The van der Waals surface area contributed by atoms with Crippen molar-refractivity contribution in [2.75, 3.05) is 29.9 Å². The van der Waals surface area contributed by atoms with Crippen LogP contribution in [0.3, 0.4) is 0 Å². The first kappa shape index (κ1) is 11.6. The number of hydrogen-bond acceptors (Lipinski definition) is 5. The van der Waals surface area contributed by atoms with E-state index in [1.54, 1.807) is 7.05 Å². The first-order valence-corrected chi connectivity index (χ1v) is 5.91. The molecule has 0 bridgehead atoms. The van der Waals surface area contributed by atoms with Gasteiger partial charge in [0.2, 0.25) is 0 Å². The number of piperidine rings is 1. The number of hydrogen-bond donors (Lipinski definition) is 0. The Morgan fingerprint density at radius 2 is 2.12 bits per heavy atom. The third kappa shape index (κ3) is 2.64. The summed E-state index contributed by atoms with van der Waals surface area (Å²) in [7, 11) is 1.70. The van der Waals surface area contributed by atoms with Crippen molar-refractivity contribution in [3.8, 4) is 6.19 Å². The molecular formula is C12H17N5. The van der Waals surface area contributed by atoms with Gasteiger partial charge in [0.25, 0.3) is 0 Å². The van der Waals surface area contributed by atoms with Gasteiger partial charge in [0, 0.05) is 26.2 Å². The summed E-state index contributed by atoms with van der Waals surface area (Å²) < 4.78 is 0. The molecule has 1 aliphatic heterocycles. The van der Waals surface area contributed by atoms with Gasteiger partial charge in [0.1, 0.15) is 18.0 Å². The van der Waals surface area contributed by atoms with E-state index < -0.39 is 0 Å². The zero-order valence-electron chi connectivity index (χ0n) is 10.3. The summed E-state index contributed by atoms with van der Waals surface area (Å²) in [4.78, 5) is 12.1. The molecule has 5 nitrogen and oxygen atoms in total. The van der Waals surface area contributed by atoms with Crippen molar-refractivity contribution >= 4 is 11.6 Å². The summed E-state index contributed by atoms with van der Waals surface area (Å²) in [6.07, 6.45) is 5.97. The molecule has 2 rings (SSSR count). The largest absolute Gasteiger partial charge is 0.356 e. The molecule has 17 heavy (non-hydrogen) atoms. The molecule has 0 aliphatic carbocycles. The highest BCUT2D eigenvalue weighted by molar-refractivity contribution is 5.51. The van der Waals surface area contributed by atoms with Crippen LogP contribution in [0.4, 0.5) is 11.6 Å². The quantitative estimate of drug-likeness (QED) is 0.572. The Kier molecular flexibility index (Phi) is 3.43. The summed E-state index contributed by atoms with van der Waals surface area (Å²) in [6, 6.07) is 1.87. The average molecular weight is 231 g/mol. The number of nitrogens with zero attached hydrogens (tertiary/aromatic N) is 5. The van der Waals surface area contributed by atoms with Gasteiger partial charge in [-0.05, 0) is 18.8 Å². The Hall–Kier alpha value is -1.83. The molecule has 0 aromatic carbocycles. The molecule has 1 aromatic heterocycles. The lowest BCUT2D eigenvalue weighted by Crippen LogP contribution is -2.33. The Morgan fingerprint density at radius 3 is 2.76 bits per heavy atom. The Balaban J connectivity index is 2.14. The fraction of sp³-hybridized carbons (Fsp3) is 0.583.